The van der Waals surface area contributed by atoms with Gasteiger partial charge in [-0.25, -0.2) is 4.98 Å². The Kier molecular flexibility index (Phi) is 4.52. The van der Waals surface area contributed by atoms with Crippen molar-refractivity contribution in [1.29, 1.82) is 0 Å². The molecule has 5 nitrogen and oxygen atoms in total. The molecule has 3 aromatic heterocycles. The summed E-state index contributed by atoms with van der Waals surface area (Å²) in [5.41, 5.74) is 2.45. The minimum Gasteiger partial charge on any atom is -0.440 e. The van der Waals surface area contributed by atoms with Gasteiger partial charge in [-0.2, -0.15) is 0 Å². The van der Waals surface area contributed by atoms with E-state index in [2.05, 4.69) is 15.3 Å². The maximum atomic E-state index is 12.1. The van der Waals surface area contributed by atoms with E-state index in [9.17, 15) is 4.79 Å². The minimum atomic E-state index is -0.0950. The first-order valence-corrected chi connectivity index (χ1v) is 8.19. The Morgan fingerprint density at radius 3 is 2.83 bits per heavy atom. The number of amides is 1. The molecule has 0 aliphatic heterocycles. The number of nitrogens with zero attached hydrogens (tertiary/aromatic N) is 2. The summed E-state index contributed by atoms with van der Waals surface area (Å²) in [5.74, 6) is 1.15. The molecule has 0 unspecified atom stereocenters. The quantitative estimate of drug-likeness (QED) is 0.781. The molecule has 3 rings (SSSR count). The highest BCUT2D eigenvalue weighted by atomic mass is 32.1. The van der Waals surface area contributed by atoms with Gasteiger partial charge in [-0.05, 0) is 37.4 Å². The van der Waals surface area contributed by atoms with Gasteiger partial charge in [-0.15, -0.1) is 11.3 Å². The molecule has 6 heteroatoms. The third kappa shape index (κ3) is 3.84. The predicted octanol–water partition coefficient (Wildman–Crippen LogP) is 3.27. The van der Waals surface area contributed by atoms with E-state index in [0.29, 0.717) is 23.9 Å². The number of oxazole rings is 1. The van der Waals surface area contributed by atoms with Crippen LogP contribution in [0.1, 0.15) is 22.8 Å². The van der Waals surface area contributed by atoms with E-state index in [1.165, 1.54) is 0 Å². The Bertz CT molecular complexity index is 809. The normalized spacial score (nSPS) is 10.7. The summed E-state index contributed by atoms with van der Waals surface area (Å²) in [7, 11) is 0. The fraction of sp³-hybridized carbons (Fsp3) is 0.235. The van der Waals surface area contributed by atoms with Gasteiger partial charge in [0.25, 0.3) is 0 Å². The lowest BCUT2D eigenvalue weighted by atomic mass is 10.2. The molecular formula is C17H17N3O2S. The van der Waals surface area contributed by atoms with Gasteiger partial charge in [0, 0.05) is 5.69 Å². The fourth-order valence-corrected chi connectivity index (χ4v) is 2.85. The largest absolute Gasteiger partial charge is 0.440 e. The molecule has 0 saturated heterocycles. The Morgan fingerprint density at radius 1 is 1.22 bits per heavy atom. The van der Waals surface area contributed by atoms with E-state index in [4.69, 9.17) is 4.42 Å². The average Bonchev–Trinajstić information content (AvgIpc) is 3.16. The van der Waals surface area contributed by atoms with Gasteiger partial charge < -0.3 is 9.73 Å². The van der Waals surface area contributed by atoms with E-state index in [1.807, 2.05) is 49.6 Å². The number of rotatable bonds is 5. The van der Waals surface area contributed by atoms with Crippen molar-refractivity contribution in [2.75, 3.05) is 0 Å². The second kappa shape index (κ2) is 6.75. The van der Waals surface area contributed by atoms with E-state index in [0.717, 1.165) is 16.3 Å². The summed E-state index contributed by atoms with van der Waals surface area (Å²) in [4.78, 5) is 21.9. The van der Waals surface area contributed by atoms with Crippen molar-refractivity contribution in [1.82, 2.24) is 15.3 Å². The number of nitrogens with one attached hydrogen (secondary N) is 1. The molecule has 0 aliphatic rings. The average molecular weight is 327 g/mol. The highest BCUT2D eigenvalue weighted by Crippen LogP contribution is 2.25. The van der Waals surface area contributed by atoms with E-state index < -0.39 is 0 Å². The molecular weight excluding hydrogens is 310 g/mol. The van der Waals surface area contributed by atoms with Crippen molar-refractivity contribution >= 4 is 17.2 Å². The van der Waals surface area contributed by atoms with Crippen molar-refractivity contribution in [2.45, 2.75) is 26.8 Å². The monoisotopic (exact) mass is 327 g/mol. The molecule has 0 spiro atoms. The summed E-state index contributed by atoms with van der Waals surface area (Å²) in [5, 5.41) is 4.83. The van der Waals surface area contributed by atoms with E-state index in [1.54, 1.807) is 11.3 Å². The van der Waals surface area contributed by atoms with E-state index in [-0.39, 0.29) is 12.3 Å². The van der Waals surface area contributed by atoms with Gasteiger partial charge in [-0.3, -0.25) is 9.78 Å². The van der Waals surface area contributed by atoms with Crippen LogP contribution in [0.25, 0.3) is 10.8 Å². The molecule has 118 valence electrons. The van der Waals surface area contributed by atoms with Crippen molar-refractivity contribution in [3.8, 4) is 10.8 Å². The van der Waals surface area contributed by atoms with Gasteiger partial charge in [-0.1, -0.05) is 12.1 Å². The molecule has 3 heterocycles. The molecule has 1 N–H and O–H groups in total. The lowest BCUT2D eigenvalue weighted by Crippen LogP contribution is -2.25. The first kappa shape index (κ1) is 15.4. The van der Waals surface area contributed by atoms with Crippen LogP contribution in [-0.4, -0.2) is 15.9 Å². The molecule has 1 amide bonds. The summed E-state index contributed by atoms with van der Waals surface area (Å²) in [6.07, 6.45) is 0.201. The Labute approximate surface area is 138 Å². The van der Waals surface area contributed by atoms with Crippen molar-refractivity contribution in [3.05, 3.63) is 58.6 Å². The van der Waals surface area contributed by atoms with Crippen molar-refractivity contribution in [3.63, 3.8) is 0 Å². The van der Waals surface area contributed by atoms with Crippen molar-refractivity contribution < 1.29 is 9.21 Å². The first-order chi connectivity index (χ1) is 11.1. The van der Waals surface area contributed by atoms with Gasteiger partial charge in [0.05, 0.1) is 29.2 Å². The van der Waals surface area contributed by atoms with Crippen LogP contribution in [0.5, 0.6) is 0 Å². The number of aromatic nitrogens is 2. The predicted molar refractivity (Wildman–Crippen MR) is 89.1 cm³/mol. The zero-order valence-electron chi connectivity index (χ0n) is 13.0. The molecule has 3 aromatic rings. The summed E-state index contributed by atoms with van der Waals surface area (Å²) >= 11 is 1.56. The summed E-state index contributed by atoms with van der Waals surface area (Å²) < 4.78 is 5.65. The second-order valence-electron chi connectivity index (χ2n) is 5.22. The Balaban J connectivity index is 1.62. The molecule has 0 saturated carbocycles. The zero-order valence-corrected chi connectivity index (χ0v) is 13.8. The number of pyridine rings is 1. The lowest BCUT2D eigenvalue weighted by molar-refractivity contribution is -0.120. The van der Waals surface area contributed by atoms with Crippen LogP contribution in [0, 0.1) is 13.8 Å². The molecule has 0 aromatic carbocycles. The minimum absolute atomic E-state index is 0.0950. The van der Waals surface area contributed by atoms with Gasteiger partial charge in [0.1, 0.15) is 5.76 Å². The van der Waals surface area contributed by atoms with Gasteiger partial charge >= 0.3 is 0 Å². The molecule has 23 heavy (non-hydrogen) atoms. The third-order valence-corrected chi connectivity index (χ3v) is 4.22. The Hall–Kier alpha value is -2.47. The fourth-order valence-electron chi connectivity index (χ4n) is 2.20. The molecule has 0 bridgehead atoms. The van der Waals surface area contributed by atoms with Gasteiger partial charge in [0.15, 0.2) is 0 Å². The molecule has 0 atom stereocenters. The number of thiophene rings is 1. The molecule has 0 fully saturated rings. The van der Waals surface area contributed by atoms with Crippen LogP contribution in [-0.2, 0) is 17.8 Å². The Morgan fingerprint density at radius 2 is 2.09 bits per heavy atom. The highest BCUT2D eigenvalue weighted by Gasteiger charge is 2.15. The standard InChI is InChI=1S/C17H17N3O2S/c1-11-5-3-6-13(19-11)10-18-16(21)9-14-12(2)22-17(20-14)15-7-4-8-23-15/h3-8H,9-10H2,1-2H3,(H,18,21). The zero-order chi connectivity index (χ0) is 16.2. The molecule has 0 radical (unpaired) electrons. The van der Waals surface area contributed by atoms with Crippen LogP contribution >= 0.6 is 11.3 Å². The van der Waals surface area contributed by atoms with Gasteiger partial charge in [0.2, 0.25) is 11.8 Å². The summed E-state index contributed by atoms with van der Waals surface area (Å²) in [6.45, 7) is 4.17. The van der Waals surface area contributed by atoms with Crippen molar-refractivity contribution in [2.24, 2.45) is 0 Å². The molecule has 0 aliphatic carbocycles. The second-order valence-corrected chi connectivity index (χ2v) is 6.17. The maximum Gasteiger partial charge on any atom is 0.236 e. The topological polar surface area (TPSA) is 68.0 Å². The third-order valence-electron chi connectivity index (χ3n) is 3.37. The number of aryl methyl sites for hydroxylation is 2. The van der Waals surface area contributed by atoms with Crippen LogP contribution in [0.4, 0.5) is 0 Å². The van der Waals surface area contributed by atoms with Crippen LogP contribution in [0.15, 0.2) is 40.1 Å². The van der Waals surface area contributed by atoms with Crippen LogP contribution in [0.2, 0.25) is 0 Å². The van der Waals surface area contributed by atoms with E-state index >= 15 is 0 Å². The first-order valence-electron chi connectivity index (χ1n) is 7.31. The number of hydrogen-bond acceptors (Lipinski definition) is 5. The smallest absolute Gasteiger partial charge is 0.236 e. The highest BCUT2D eigenvalue weighted by molar-refractivity contribution is 7.13. The number of hydrogen-bond donors (Lipinski definition) is 1. The number of carbonyl (C=O) groups is 1. The number of carbonyl (C=O) groups excluding carboxylic acids is 1. The lowest BCUT2D eigenvalue weighted by Gasteiger charge is -2.04. The van der Waals surface area contributed by atoms with Crippen LogP contribution < -0.4 is 5.32 Å². The summed E-state index contributed by atoms with van der Waals surface area (Å²) in [6, 6.07) is 9.64. The van der Waals surface area contributed by atoms with Crippen LogP contribution in [0.3, 0.4) is 0 Å². The maximum absolute atomic E-state index is 12.1. The SMILES string of the molecule is Cc1cccc(CNC(=O)Cc2nc(-c3cccs3)oc2C)n1.